The van der Waals surface area contributed by atoms with E-state index in [0.29, 0.717) is 12.2 Å². The molecule has 0 aromatic heterocycles. The van der Waals surface area contributed by atoms with E-state index in [4.69, 9.17) is 0 Å². The van der Waals surface area contributed by atoms with Crippen LogP contribution >= 0.6 is 11.8 Å². The summed E-state index contributed by atoms with van der Waals surface area (Å²) >= 11 is 1.47. The second kappa shape index (κ2) is 6.05. The fraction of sp³-hybridized carbons (Fsp3) is 0.500. The summed E-state index contributed by atoms with van der Waals surface area (Å²) in [7, 11) is 2.00. The first-order valence-corrected chi connectivity index (χ1v) is 8.57. The van der Waals surface area contributed by atoms with E-state index < -0.39 is 18.0 Å². The zero-order valence-corrected chi connectivity index (χ0v) is 13.9. The summed E-state index contributed by atoms with van der Waals surface area (Å²) < 4.78 is 0. The van der Waals surface area contributed by atoms with Gasteiger partial charge in [-0.15, -0.1) is 11.8 Å². The standard InChI is InChI=1S/C16H20N2O4S/c1-9(19)13-11-7-12(14(16(21)22)18(11)15(13)20)23-8-10-5-3-4-6-17(10)2/h3-5,9,11,13,19H,6-8H2,1-2H3,(H,21,22)/t9-,11?,13+/m1/s1. The van der Waals surface area contributed by atoms with Crippen LogP contribution in [0.4, 0.5) is 0 Å². The van der Waals surface area contributed by atoms with E-state index in [-0.39, 0.29) is 17.6 Å². The van der Waals surface area contributed by atoms with E-state index in [1.165, 1.54) is 16.7 Å². The predicted molar refractivity (Wildman–Crippen MR) is 87.4 cm³/mol. The number of thioether (sulfide) groups is 1. The number of aliphatic hydroxyl groups is 1. The van der Waals surface area contributed by atoms with Crippen LogP contribution in [0.5, 0.6) is 0 Å². The van der Waals surface area contributed by atoms with E-state index in [1.807, 2.05) is 19.2 Å². The molecular formula is C16H20N2O4S. The molecule has 1 saturated heterocycles. The summed E-state index contributed by atoms with van der Waals surface area (Å²) in [5.41, 5.74) is 1.22. The number of carboxylic acids is 1. The third kappa shape index (κ3) is 2.68. The van der Waals surface area contributed by atoms with Crippen LogP contribution in [0.15, 0.2) is 34.5 Å². The first-order chi connectivity index (χ1) is 10.9. The molecule has 7 heteroatoms. The molecule has 23 heavy (non-hydrogen) atoms. The molecule has 1 fully saturated rings. The number of nitrogens with zero attached hydrogens (tertiary/aromatic N) is 2. The highest BCUT2D eigenvalue weighted by atomic mass is 32.2. The van der Waals surface area contributed by atoms with Gasteiger partial charge in [0.15, 0.2) is 0 Å². The molecule has 3 rings (SSSR count). The Morgan fingerprint density at radius 2 is 2.26 bits per heavy atom. The van der Waals surface area contributed by atoms with Gasteiger partial charge in [0.2, 0.25) is 5.91 Å². The summed E-state index contributed by atoms with van der Waals surface area (Å²) in [5, 5.41) is 19.2. The third-order valence-corrected chi connectivity index (χ3v) is 5.73. The lowest BCUT2D eigenvalue weighted by molar-refractivity contribution is -0.161. The number of allylic oxidation sites excluding steroid dienone is 2. The van der Waals surface area contributed by atoms with E-state index in [2.05, 4.69) is 11.0 Å². The smallest absolute Gasteiger partial charge is 0.353 e. The maximum atomic E-state index is 12.1. The molecule has 3 aliphatic heterocycles. The molecule has 0 aromatic carbocycles. The van der Waals surface area contributed by atoms with Crippen LogP contribution in [-0.2, 0) is 9.59 Å². The zero-order chi connectivity index (χ0) is 16.7. The van der Waals surface area contributed by atoms with Gasteiger partial charge < -0.3 is 20.0 Å². The Kier molecular flexibility index (Phi) is 4.25. The predicted octanol–water partition coefficient (Wildman–Crippen LogP) is 1.01. The Morgan fingerprint density at radius 1 is 1.52 bits per heavy atom. The van der Waals surface area contributed by atoms with E-state index in [1.54, 1.807) is 6.92 Å². The fourth-order valence-electron chi connectivity index (χ4n) is 3.32. The van der Waals surface area contributed by atoms with Crippen LogP contribution in [0.3, 0.4) is 0 Å². The highest BCUT2D eigenvalue weighted by Gasteiger charge is 2.56. The molecule has 124 valence electrons. The van der Waals surface area contributed by atoms with Crippen molar-refractivity contribution in [3.8, 4) is 0 Å². The van der Waals surface area contributed by atoms with Crippen LogP contribution < -0.4 is 0 Å². The molecule has 1 unspecified atom stereocenters. The number of aliphatic hydroxyl groups excluding tert-OH is 1. The lowest BCUT2D eigenvalue weighted by Gasteiger charge is -2.44. The van der Waals surface area contributed by atoms with Crippen LogP contribution in [0.2, 0.25) is 0 Å². The van der Waals surface area contributed by atoms with Gasteiger partial charge in [-0.3, -0.25) is 4.79 Å². The van der Waals surface area contributed by atoms with Crippen molar-refractivity contribution in [1.29, 1.82) is 0 Å². The third-order valence-electron chi connectivity index (χ3n) is 4.58. The zero-order valence-electron chi connectivity index (χ0n) is 13.1. The van der Waals surface area contributed by atoms with Gasteiger partial charge >= 0.3 is 5.97 Å². The Morgan fingerprint density at radius 3 is 2.87 bits per heavy atom. The molecule has 0 aromatic rings. The van der Waals surface area contributed by atoms with Gasteiger partial charge in [0.05, 0.1) is 18.1 Å². The van der Waals surface area contributed by atoms with Gasteiger partial charge in [-0.2, -0.15) is 0 Å². The van der Waals surface area contributed by atoms with Crippen molar-refractivity contribution in [1.82, 2.24) is 9.80 Å². The molecule has 3 atom stereocenters. The molecule has 2 N–H and O–H groups in total. The van der Waals surface area contributed by atoms with Gasteiger partial charge in [-0.1, -0.05) is 12.2 Å². The van der Waals surface area contributed by atoms with Crippen LogP contribution in [0.1, 0.15) is 13.3 Å². The molecule has 0 saturated carbocycles. The van der Waals surface area contributed by atoms with Gasteiger partial charge in [0.1, 0.15) is 5.70 Å². The maximum Gasteiger partial charge on any atom is 0.353 e. The van der Waals surface area contributed by atoms with E-state index >= 15 is 0 Å². The topological polar surface area (TPSA) is 81.1 Å². The lowest BCUT2D eigenvalue weighted by atomic mass is 9.83. The number of likely N-dealkylation sites (N-methyl/N-ethyl adjacent to an activating group) is 1. The average molecular weight is 336 g/mol. The van der Waals surface area contributed by atoms with Gasteiger partial charge in [0.25, 0.3) is 0 Å². The number of aliphatic carboxylic acids is 1. The van der Waals surface area contributed by atoms with Gasteiger partial charge in [0, 0.05) is 36.4 Å². The summed E-state index contributed by atoms with van der Waals surface area (Å²) in [6, 6.07) is -0.214. The van der Waals surface area contributed by atoms with Crippen molar-refractivity contribution in [2.45, 2.75) is 25.5 Å². The molecule has 0 bridgehead atoms. The molecule has 0 spiro atoms. The molecular weight excluding hydrogens is 316 g/mol. The largest absolute Gasteiger partial charge is 0.477 e. The van der Waals surface area contributed by atoms with Gasteiger partial charge in [-0.25, -0.2) is 4.79 Å². The monoisotopic (exact) mass is 336 g/mol. The molecule has 6 nitrogen and oxygen atoms in total. The number of hydrogen-bond acceptors (Lipinski definition) is 5. The highest BCUT2D eigenvalue weighted by molar-refractivity contribution is 8.03. The second-order valence-corrected chi connectivity index (χ2v) is 7.15. The summed E-state index contributed by atoms with van der Waals surface area (Å²) in [4.78, 5) is 27.9. The van der Waals surface area contributed by atoms with Crippen molar-refractivity contribution in [3.63, 3.8) is 0 Å². The number of amides is 1. The molecule has 3 aliphatic rings. The number of fused-ring (bicyclic) bond motifs is 1. The van der Waals surface area contributed by atoms with Crippen molar-refractivity contribution >= 4 is 23.6 Å². The Balaban J connectivity index is 1.76. The number of carbonyl (C=O) groups excluding carboxylic acids is 1. The normalized spacial score (nSPS) is 27.8. The number of rotatable bonds is 5. The number of carboxylic acid groups (broad SMARTS) is 1. The Hall–Kier alpha value is -1.73. The number of hydrogen-bond donors (Lipinski definition) is 2. The van der Waals surface area contributed by atoms with Crippen molar-refractivity contribution in [2.24, 2.45) is 5.92 Å². The maximum absolute atomic E-state index is 12.1. The first-order valence-electron chi connectivity index (χ1n) is 7.59. The molecule has 1 amide bonds. The van der Waals surface area contributed by atoms with Crippen LogP contribution in [0, 0.1) is 5.92 Å². The van der Waals surface area contributed by atoms with E-state index in [0.717, 1.165) is 17.1 Å². The van der Waals surface area contributed by atoms with Crippen molar-refractivity contribution in [2.75, 3.05) is 19.3 Å². The second-order valence-electron chi connectivity index (χ2n) is 6.08. The molecule has 3 heterocycles. The van der Waals surface area contributed by atoms with Crippen molar-refractivity contribution < 1.29 is 19.8 Å². The SMILES string of the molecule is C[C@@H](O)[C@@H]1C(=O)N2C(C(=O)O)=C(SCC3=CC=CCN3C)CC12. The van der Waals surface area contributed by atoms with Gasteiger partial charge in [-0.05, 0) is 13.0 Å². The van der Waals surface area contributed by atoms with E-state index in [9.17, 15) is 19.8 Å². The molecule has 0 aliphatic carbocycles. The van der Waals surface area contributed by atoms with Crippen LogP contribution in [0.25, 0.3) is 0 Å². The average Bonchev–Trinajstić information content (AvgIpc) is 2.80. The highest BCUT2D eigenvalue weighted by Crippen LogP contribution is 2.47. The Labute approximate surface area is 139 Å². The minimum atomic E-state index is -1.07. The summed E-state index contributed by atoms with van der Waals surface area (Å²) in [6.07, 6.45) is 5.84. The lowest BCUT2D eigenvalue weighted by Crippen LogP contribution is -2.61. The minimum Gasteiger partial charge on any atom is -0.477 e. The summed E-state index contributed by atoms with van der Waals surface area (Å²) in [6.45, 7) is 2.42. The molecule has 0 radical (unpaired) electrons. The fourth-order valence-corrected chi connectivity index (χ4v) is 4.57. The minimum absolute atomic E-state index is 0.0940. The Bertz CT molecular complexity index is 638. The quantitative estimate of drug-likeness (QED) is 0.730. The number of carbonyl (C=O) groups is 2. The number of β-lactam (4-membered cyclic amide) rings is 1. The van der Waals surface area contributed by atoms with Crippen LogP contribution in [-0.4, -0.2) is 63.4 Å². The first kappa shape index (κ1) is 16.1. The van der Waals surface area contributed by atoms with Crippen molar-refractivity contribution in [3.05, 3.63) is 34.5 Å². The summed E-state index contributed by atoms with van der Waals surface area (Å²) in [5.74, 6) is -1.17.